The quantitative estimate of drug-likeness (QED) is 0.0304. The van der Waals surface area contributed by atoms with Gasteiger partial charge in [-0.15, -0.1) is 0 Å². The Bertz CT molecular complexity index is 1020. The van der Waals surface area contributed by atoms with Crippen molar-refractivity contribution in [3.63, 3.8) is 0 Å². The number of carbonyl (C=O) groups is 4. The smallest absolute Gasteiger partial charge is 0.334 e. The molecule has 0 amide bonds. The minimum absolute atomic E-state index is 0.0522. The maximum absolute atomic E-state index is 11.5. The third-order valence-electron chi connectivity index (χ3n) is 7.01. The summed E-state index contributed by atoms with van der Waals surface area (Å²) in [5.41, 5.74) is 0. The normalized spacial score (nSPS) is 12.4. The highest BCUT2D eigenvalue weighted by molar-refractivity contribution is 6.88. The average Bonchev–Trinajstić information content (AvgIpc) is 3.06. The number of esters is 4. The summed E-state index contributed by atoms with van der Waals surface area (Å²) >= 11 is 0. The molecule has 0 saturated carbocycles. The molecule has 0 rings (SSSR count). The summed E-state index contributed by atoms with van der Waals surface area (Å²) in [7, 11) is -12.9. The molecule has 0 atom stereocenters. The fraction of sp³-hybridized carbons (Fsp3) is 0.625. The lowest BCUT2D eigenvalue weighted by atomic mass is 10.6. The van der Waals surface area contributed by atoms with Crippen LogP contribution < -0.4 is 0 Å². The van der Waals surface area contributed by atoms with Gasteiger partial charge < -0.3 is 44.9 Å². The van der Waals surface area contributed by atoms with Crippen molar-refractivity contribution < 1.29 is 64.1 Å². The molecule has 0 fully saturated rings. The SMILES string of the molecule is C=CC(=O)OCCO[Si](C)(CC[Si](C)(C)O[Si](C)(C)O[Si](C)(C)CC[Si](C)(OCCOC(=O)C=C)OCCOC(=O)C=C)OCCOC(=O)C=C. The van der Waals surface area contributed by atoms with Gasteiger partial charge in [-0.1, -0.05) is 26.3 Å². The highest BCUT2D eigenvalue weighted by atomic mass is 28.5. The van der Waals surface area contributed by atoms with Crippen LogP contribution in [0.25, 0.3) is 0 Å². The first-order valence-electron chi connectivity index (χ1n) is 16.8. The van der Waals surface area contributed by atoms with Crippen molar-refractivity contribution in [2.45, 2.75) is 76.6 Å². The average molecular weight is 809 g/mol. The molecule has 0 aromatic rings. The Hall–Kier alpha value is -2.32. The molecule has 0 aromatic carbocycles. The van der Waals surface area contributed by atoms with Crippen molar-refractivity contribution in [2.75, 3.05) is 52.9 Å². The van der Waals surface area contributed by atoms with Crippen LogP contribution in [0, 0.1) is 0 Å². The molecule has 0 spiro atoms. The van der Waals surface area contributed by atoms with Crippen molar-refractivity contribution in [2.24, 2.45) is 0 Å². The van der Waals surface area contributed by atoms with Crippen LogP contribution in [0.5, 0.6) is 0 Å². The van der Waals surface area contributed by atoms with Gasteiger partial charge in [0.1, 0.15) is 26.4 Å². The topological polar surface area (TPSA) is 161 Å². The fourth-order valence-electron chi connectivity index (χ4n) is 4.72. The van der Waals surface area contributed by atoms with E-state index in [0.717, 1.165) is 36.4 Å². The molecule has 0 aliphatic heterocycles. The largest absolute Gasteiger partial charge is 0.460 e. The van der Waals surface area contributed by atoms with Crippen molar-refractivity contribution >= 4 is 66.2 Å². The third-order valence-corrected chi connectivity index (χ3v) is 24.9. The maximum Gasteiger partial charge on any atom is 0.334 e. The van der Waals surface area contributed by atoms with Gasteiger partial charge in [0.25, 0.3) is 0 Å². The second-order valence-electron chi connectivity index (χ2n) is 13.3. The van der Waals surface area contributed by atoms with Gasteiger partial charge in [-0.2, -0.15) is 0 Å². The standard InChI is InChI=1S/C32H60O14Si5/c1-13-29(33)37-17-21-41-50(11,42-22-18-38-30(34)14-2)27-25-47(5,6)45-49(9,10)46-48(7,8)26-28-51(12,43-23-19-39-31(35)15-3)44-24-20-40-32(36)16-4/h13-16H,1-4,17-28H2,5-12H3. The van der Waals surface area contributed by atoms with Gasteiger partial charge in [0.2, 0.25) is 0 Å². The fourth-order valence-corrected chi connectivity index (χ4v) is 28.0. The minimum atomic E-state index is -2.81. The first-order chi connectivity index (χ1) is 23.6. The van der Waals surface area contributed by atoms with Crippen LogP contribution in [0.2, 0.25) is 76.6 Å². The summed E-state index contributed by atoms with van der Waals surface area (Å²) in [6, 6.07) is 2.64. The lowest BCUT2D eigenvalue weighted by Gasteiger charge is -2.40. The van der Waals surface area contributed by atoms with Crippen LogP contribution in [-0.2, 0) is 64.1 Å². The predicted molar refractivity (Wildman–Crippen MR) is 206 cm³/mol. The second kappa shape index (κ2) is 24.1. The number of hydrogen-bond donors (Lipinski definition) is 0. The highest BCUT2D eigenvalue weighted by Gasteiger charge is 2.43. The lowest BCUT2D eigenvalue weighted by Crippen LogP contribution is -2.53. The highest BCUT2D eigenvalue weighted by Crippen LogP contribution is 2.30. The number of ether oxygens (including phenoxy) is 4. The second-order valence-corrected chi connectivity index (χ2v) is 32.4. The molecule has 51 heavy (non-hydrogen) atoms. The van der Waals surface area contributed by atoms with Crippen LogP contribution in [-0.4, -0.2) is 119 Å². The molecule has 0 aromatic heterocycles. The first-order valence-corrected chi connectivity index (χ1v) is 30.9. The van der Waals surface area contributed by atoms with Crippen LogP contribution in [0.1, 0.15) is 0 Å². The molecule has 0 saturated heterocycles. The molecule has 14 nitrogen and oxygen atoms in total. The summed E-state index contributed by atoms with van der Waals surface area (Å²) in [4.78, 5) is 45.8. The van der Waals surface area contributed by atoms with E-state index in [4.69, 9.17) is 44.9 Å². The number of carbonyl (C=O) groups excluding carboxylic acids is 4. The van der Waals surface area contributed by atoms with Crippen LogP contribution >= 0.6 is 0 Å². The minimum Gasteiger partial charge on any atom is -0.460 e. The van der Waals surface area contributed by atoms with Crippen LogP contribution in [0.15, 0.2) is 50.6 Å². The maximum atomic E-state index is 11.5. The van der Waals surface area contributed by atoms with Crippen molar-refractivity contribution in [3.05, 3.63) is 50.6 Å². The van der Waals surface area contributed by atoms with Gasteiger partial charge in [-0.3, -0.25) is 0 Å². The Morgan fingerprint density at radius 3 is 0.863 bits per heavy atom. The lowest BCUT2D eigenvalue weighted by molar-refractivity contribution is -0.140. The molecule has 0 radical (unpaired) electrons. The van der Waals surface area contributed by atoms with Gasteiger partial charge in [0.05, 0.1) is 26.4 Å². The molecule has 0 N–H and O–H groups in total. The Balaban J connectivity index is 5.45. The zero-order valence-corrected chi connectivity index (χ0v) is 36.8. The van der Waals surface area contributed by atoms with Gasteiger partial charge in [0.15, 0.2) is 16.6 Å². The molecule has 0 heterocycles. The number of rotatable bonds is 30. The number of hydrogen-bond acceptors (Lipinski definition) is 14. The van der Waals surface area contributed by atoms with Gasteiger partial charge in [0, 0.05) is 24.3 Å². The van der Waals surface area contributed by atoms with E-state index in [2.05, 4.69) is 52.5 Å². The van der Waals surface area contributed by atoms with Gasteiger partial charge in [-0.25, -0.2) is 19.2 Å². The Kier molecular flexibility index (Phi) is 23.0. The van der Waals surface area contributed by atoms with Gasteiger partial charge >= 0.3 is 49.6 Å². The van der Waals surface area contributed by atoms with Crippen molar-refractivity contribution in [1.29, 1.82) is 0 Å². The van der Waals surface area contributed by atoms with E-state index in [-0.39, 0.29) is 52.9 Å². The monoisotopic (exact) mass is 808 g/mol. The van der Waals surface area contributed by atoms with E-state index >= 15 is 0 Å². The van der Waals surface area contributed by atoms with E-state index in [1.54, 1.807) is 0 Å². The summed E-state index contributed by atoms with van der Waals surface area (Å²) in [5, 5.41) is 0. The van der Waals surface area contributed by atoms with E-state index in [1.165, 1.54) is 0 Å². The van der Waals surface area contributed by atoms with Crippen LogP contribution in [0.4, 0.5) is 0 Å². The Morgan fingerprint density at radius 1 is 0.412 bits per heavy atom. The summed E-state index contributed by atoms with van der Waals surface area (Å²) in [6.07, 6.45) is 4.35. The molecule has 19 heteroatoms. The van der Waals surface area contributed by atoms with E-state index in [1.807, 2.05) is 26.2 Å². The van der Waals surface area contributed by atoms with E-state index in [9.17, 15) is 19.2 Å². The Morgan fingerprint density at radius 2 is 0.647 bits per heavy atom. The molecule has 0 aliphatic rings. The third kappa shape index (κ3) is 24.5. The summed E-state index contributed by atoms with van der Waals surface area (Å²) in [5.74, 6) is -2.15. The zero-order chi connectivity index (χ0) is 39.2. The summed E-state index contributed by atoms with van der Waals surface area (Å²) in [6.45, 7) is 30.9. The molecule has 292 valence electrons. The molecule has 0 aliphatic carbocycles. The molecule has 0 unspecified atom stereocenters. The Labute approximate surface area is 309 Å². The summed E-state index contributed by atoms with van der Waals surface area (Å²) < 4.78 is 58.5. The van der Waals surface area contributed by atoms with Crippen molar-refractivity contribution in [3.8, 4) is 0 Å². The van der Waals surface area contributed by atoms with Gasteiger partial charge in [-0.05, 0) is 76.6 Å². The molecular formula is C32H60O14Si5. The predicted octanol–water partition coefficient (Wildman–Crippen LogP) is 5.26. The van der Waals surface area contributed by atoms with Crippen molar-refractivity contribution in [1.82, 2.24) is 0 Å². The molecular weight excluding hydrogens is 749 g/mol. The van der Waals surface area contributed by atoms with E-state index in [0.29, 0.717) is 12.1 Å². The first kappa shape index (κ1) is 48.7. The van der Waals surface area contributed by atoms with Crippen LogP contribution in [0.3, 0.4) is 0 Å². The molecule has 0 bridgehead atoms. The zero-order valence-electron chi connectivity index (χ0n) is 31.8. The van der Waals surface area contributed by atoms with E-state index < -0.39 is 66.2 Å².